The number of nitrogens with one attached hydrogen (secondary N) is 1. The van der Waals surface area contributed by atoms with Crippen molar-refractivity contribution in [1.82, 2.24) is 9.78 Å². The van der Waals surface area contributed by atoms with Crippen molar-refractivity contribution in [3.63, 3.8) is 0 Å². The van der Waals surface area contributed by atoms with Crippen LogP contribution in [0.4, 0.5) is 10.5 Å². The van der Waals surface area contributed by atoms with E-state index in [1.165, 1.54) is 0 Å². The van der Waals surface area contributed by atoms with Crippen LogP contribution in [0.1, 0.15) is 25.8 Å². The number of carbonyl (C=O) groups is 1. The van der Waals surface area contributed by atoms with E-state index in [0.29, 0.717) is 17.3 Å². The molecule has 0 aliphatic rings. The molecular weight excluding hydrogens is 330 g/mol. The summed E-state index contributed by atoms with van der Waals surface area (Å²) < 4.78 is 12.3. The molecule has 0 fully saturated rings. The van der Waals surface area contributed by atoms with E-state index in [0.717, 1.165) is 12.0 Å². The Balaban J connectivity index is 1.81. The number of aromatic nitrogens is 2. The van der Waals surface area contributed by atoms with E-state index in [1.54, 1.807) is 30.3 Å². The molecule has 0 atom stereocenters. The van der Waals surface area contributed by atoms with Gasteiger partial charge in [0.2, 0.25) is 0 Å². The summed E-state index contributed by atoms with van der Waals surface area (Å²) >= 11 is 6.02. The summed E-state index contributed by atoms with van der Waals surface area (Å²) in [7, 11) is 1.69. The van der Waals surface area contributed by atoms with Crippen LogP contribution in [0.25, 0.3) is 0 Å². The van der Waals surface area contributed by atoms with Crippen LogP contribution in [-0.4, -0.2) is 28.6 Å². The molecule has 1 amide bonds. The first-order valence-corrected chi connectivity index (χ1v) is 8.02. The van der Waals surface area contributed by atoms with Crippen LogP contribution < -0.4 is 5.32 Å². The highest BCUT2D eigenvalue weighted by Crippen LogP contribution is 2.17. The highest BCUT2D eigenvalue weighted by Gasteiger charge is 2.16. The smallest absolute Gasteiger partial charge is 0.412 e. The molecule has 7 heteroatoms. The van der Waals surface area contributed by atoms with Crippen LogP contribution in [-0.2, 0) is 22.6 Å². The monoisotopic (exact) mass is 351 g/mol. The Morgan fingerprint density at radius 2 is 2.12 bits per heavy atom. The molecule has 0 unspecified atom stereocenters. The Morgan fingerprint density at radius 3 is 2.83 bits per heavy atom. The lowest BCUT2D eigenvalue weighted by molar-refractivity contribution is 0.0113. The Morgan fingerprint density at radius 1 is 1.38 bits per heavy atom. The largest absolute Gasteiger partial charge is 0.444 e. The molecule has 1 aromatic carbocycles. The average Bonchev–Trinajstić information content (AvgIpc) is 3.00. The maximum absolute atomic E-state index is 11.8. The molecule has 0 bridgehead atoms. The maximum atomic E-state index is 11.8. The summed E-state index contributed by atoms with van der Waals surface area (Å²) in [5.74, 6) is 0. The second-order valence-corrected chi connectivity index (χ2v) is 6.41. The number of methoxy groups -OCH3 is 1. The lowest BCUT2D eigenvalue weighted by Gasteiger charge is -2.22. The first kappa shape index (κ1) is 18.3. The zero-order valence-electron chi connectivity index (χ0n) is 14.1. The molecular formula is C17H22ClN3O3. The quantitative estimate of drug-likeness (QED) is 0.815. The fourth-order valence-corrected chi connectivity index (χ4v) is 2.14. The second kappa shape index (κ2) is 8.17. The average molecular weight is 352 g/mol. The summed E-state index contributed by atoms with van der Waals surface area (Å²) in [5.41, 5.74) is 1.12. The van der Waals surface area contributed by atoms with Crippen LogP contribution in [0.15, 0.2) is 36.7 Å². The lowest BCUT2D eigenvalue weighted by Crippen LogP contribution is -2.24. The Hall–Kier alpha value is -2.05. The number of carbonyl (C=O) groups excluding carboxylic acids is 1. The van der Waals surface area contributed by atoms with Gasteiger partial charge < -0.3 is 9.47 Å². The molecule has 24 heavy (non-hydrogen) atoms. The van der Waals surface area contributed by atoms with Gasteiger partial charge in [0.25, 0.3) is 0 Å². The number of halogens is 1. The lowest BCUT2D eigenvalue weighted by atomic mass is 10.1. The number of amides is 1. The highest BCUT2D eigenvalue weighted by atomic mass is 35.5. The minimum absolute atomic E-state index is 0.113. The molecule has 2 rings (SSSR count). The van der Waals surface area contributed by atoms with E-state index in [9.17, 15) is 4.79 Å². The molecule has 0 saturated carbocycles. The summed E-state index contributed by atoms with van der Waals surface area (Å²) in [6.07, 6.45) is 3.59. The van der Waals surface area contributed by atoms with Gasteiger partial charge in [-0.15, -0.1) is 0 Å². The maximum Gasteiger partial charge on any atom is 0.412 e. The molecule has 0 radical (unpaired) electrons. The van der Waals surface area contributed by atoms with E-state index in [-0.39, 0.29) is 12.2 Å². The summed E-state index contributed by atoms with van der Waals surface area (Å²) in [4.78, 5) is 11.8. The van der Waals surface area contributed by atoms with Gasteiger partial charge in [-0.2, -0.15) is 5.10 Å². The number of ether oxygens (including phenoxy) is 2. The van der Waals surface area contributed by atoms with Crippen LogP contribution in [0.2, 0.25) is 5.02 Å². The third-order valence-electron chi connectivity index (χ3n) is 3.69. The second-order valence-electron chi connectivity index (χ2n) is 6.00. The minimum Gasteiger partial charge on any atom is -0.444 e. The number of anilines is 1. The van der Waals surface area contributed by atoms with Crippen molar-refractivity contribution in [3.8, 4) is 0 Å². The van der Waals surface area contributed by atoms with E-state index in [2.05, 4.69) is 10.4 Å². The third kappa shape index (κ3) is 5.54. The minimum atomic E-state index is -0.549. The van der Waals surface area contributed by atoms with E-state index in [1.807, 2.05) is 32.0 Å². The summed E-state index contributed by atoms with van der Waals surface area (Å²) in [6, 6.07) is 7.23. The normalized spacial score (nSPS) is 11.3. The molecule has 0 saturated heterocycles. The van der Waals surface area contributed by atoms with Gasteiger partial charge in [0.15, 0.2) is 0 Å². The SMILES string of the molecule is COC(C)(C)CCn1cc(NC(=O)OCc2ccccc2Cl)cn1. The van der Waals surface area contributed by atoms with Gasteiger partial charge in [0, 0.05) is 30.4 Å². The van der Waals surface area contributed by atoms with E-state index < -0.39 is 6.09 Å². The predicted octanol–water partition coefficient (Wildman–Crippen LogP) is 4.10. The van der Waals surface area contributed by atoms with Crippen molar-refractivity contribution in [3.05, 3.63) is 47.2 Å². The number of aryl methyl sites for hydroxylation is 1. The molecule has 6 nitrogen and oxygen atoms in total. The van der Waals surface area contributed by atoms with E-state index >= 15 is 0 Å². The zero-order valence-corrected chi connectivity index (χ0v) is 14.8. The van der Waals surface area contributed by atoms with Gasteiger partial charge in [-0.05, 0) is 26.3 Å². The molecule has 130 valence electrons. The standard InChI is InChI=1S/C17H22ClN3O3/c1-17(2,23-3)8-9-21-11-14(10-19-21)20-16(22)24-12-13-6-4-5-7-15(13)18/h4-7,10-11H,8-9,12H2,1-3H3,(H,20,22). The van der Waals surface area contributed by atoms with Gasteiger partial charge >= 0.3 is 6.09 Å². The van der Waals surface area contributed by atoms with Crippen molar-refractivity contribution in [1.29, 1.82) is 0 Å². The van der Waals surface area contributed by atoms with Gasteiger partial charge in [-0.1, -0.05) is 29.8 Å². The van der Waals surface area contributed by atoms with E-state index in [4.69, 9.17) is 21.1 Å². The predicted molar refractivity (Wildman–Crippen MR) is 93.2 cm³/mol. The topological polar surface area (TPSA) is 65.4 Å². The van der Waals surface area contributed by atoms with Crippen molar-refractivity contribution >= 4 is 23.4 Å². The summed E-state index contributed by atoms with van der Waals surface area (Å²) in [5, 5.41) is 7.42. The molecule has 0 aliphatic heterocycles. The summed E-state index contributed by atoms with van der Waals surface area (Å²) in [6.45, 7) is 4.84. The van der Waals surface area contributed by atoms with Gasteiger partial charge in [0.1, 0.15) is 6.61 Å². The molecule has 1 heterocycles. The Bertz CT molecular complexity index is 685. The van der Waals surface area contributed by atoms with Crippen molar-refractivity contribution in [2.45, 2.75) is 39.0 Å². The number of hydrogen-bond donors (Lipinski definition) is 1. The highest BCUT2D eigenvalue weighted by molar-refractivity contribution is 6.31. The number of benzene rings is 1. The Kier molecular flexibility index (Phi) is 6.23. The number of rotatable bonds is 7. The van der Waals surface area contributed by atoms with Crippen LogP contribution >= 0.6 is 11.6 Å². The van der Waals surface area contributed by atoms with Crippen molar-refractivity contribution in [2.24, 2.45) is 0 Å². The molecule has 0 spiro atoms. The fraction of sp³-hybridized carbons (Fsp3) is 0.412. The molecule has 1 N–H and O–H groups in total. The van der Waals surface area contributed by atoms with Gasteiger partial charge in [0.05, 0.1) is 17.5 Å². The Labute approximate surface area is 146 Å². The zero-order chi connectivity index (χ0) is 17.6. The van der Waals surface area contributed by atoms with Gasteiger partial charge in [-0.25, -0.2) is 4.79 Å². The van der Waals surface area contributed by atoms with Crippen molar-refractivity contribution < 1.29 is 14.3 Å². The van der Waals surface area contributed by atoms with Crippen LogP contribution in [0, 0.1) is 0 Å². The van der Waals surface area contributed by atoms with Crippen molar-refractivity contribution in [2.75, 3.05) is 12.4 Å². The van der Waals surface area contributed by atoms with Gasteiger partial charge in [-0.3, -0.25) is 10.00 Å². The number of nitrogens with zero attached hydrogens (tertiary/aromatic N) is 2. The molecule has 1 aromatic heterocycles. The van der Waals surface area contributed by atoms with Crippen LogP contribution in [0.5, 0.6) is 0 Å². The fourth-order valence-electron chi connectivity index (χ4n) is 1.95. The van der Waals surface area contributed by atoms with Crippen LogP contribution in [0.3, 0.4) is 0 Å². The molecule has 0 aliphatic carbocycles. The first-order valence-electron chi connectivity index (χ1n) is 7.64. The molecule has 2 aromatic rings. The number of hydrogen-bond acceptors (Lipinski definition) is 4. The third-order valence-corrected chi connectivity index (χ3v) is 4.06. The first-order chi connectivity index (χ1) is 11.4.